The van der Waals surface area contributed by atoms with Gasteiger partial charge < -0.3 is 10.6 Å². The minimum absolute atomic E-state index is 0.206. The number of benzene rings is 2. The number of anilines is 1. The Kier molecular flexibility index (Phi) is 7.11. The number of nitrogens with two attached hydrogens (primary N) is 1. The first-order valence-electron chi connectivity index (χ1n) is 13.9. The molecule has 1 fully saturated rings. The van der Waals surface area contributed by atoms with Crippen LogP contribution in [0.15, 0.2) is 67.1 Å². The summed E-state index contributed by atoms with van der Waals surface area (Å²) in [4.78, 5) is 18.6. The molecule has 1 unspecified atom stereocenters. The third-order valence-corrected chi connectivity index (χ3v) is 7.95. The van der Waals surface area contributed by atoms with E-state index in [1.54, 1.807) is 6.92 Å². The third-order valence-electron chi connectivity index (χ3n) is 7.95. The number of nitrogen functional groups attached to an aromatic ring is 1. The molecule has 0 saturated carbocycles. The van der Waals surface area contributed by atoms with Gasteiger partial charge in [-0.25, -0.2) is 9.50 Å². The number of nitrogens with zero attached hydrogens (tertiary/aromatic N) is 6. The molecule has 1 aliphatic heterocycles. The average Bonchev–Trinajstić information content (AvgIpc) is 3.53. The first-order valence-corrected chi connectivity index (χ1v) is 13.9. The Labute approximate surface area is 228 Å². The SMILES string of the molecule is CC(=O)C1CCCN(CCCCc2cc(-c3ccc4cn(Cc5ccccc5)nc4c3)c3c(N)ncnn23)C1. The number of hydrogen-bond acceptors (Lipinski definition) is 6. The van der Waals surface area contributed by atoms with E-state index in [-0.39, 0.29) is 5.92 Å². The van der Waals surface area contributed by atoms with Crippen LogP contribution in [0.5, 0.6) is 0 Å². The van der Waals surface area contributed by atoms with Crippen LogP contribution < -0.4 is 5.73 Å². The fourth-order valence-corrected chi connectivity index (χ4v) is 5.85. The van der Waals surface area contributed by atoms with Crippen molar-refractivity contribution in [1.29, 1.82) is 0 Å². The fraction of sp³-hybridized carbons (Fsp3) is 0.355. The number of Topliss-reactive ketones (excluding diaryl/α,β-unsaturated/α-hetero) is 1. The Hall–Kier alpha value is -4.04. The van der Waals surface area contributed by atoms with Crippen LogP contribution in [-0.2, 0) is 17.8 Å². The van der Waals surface area contributed by atoms with Gasteiger partial charge in [-0.1, -0.05) is 42.5 Å². The van der Waals surface area contributed by atoms with Crippen LogP contribution in [0.4, 0.5) is 5.82 Å². The minimum atomic E-state index is 0.206. The molecule has 8 nitrogen and oxygen atoms in total. The molecule has 39 heavy (non-hydrogen) atoms. The smallest absolute Gasteiger partial charge is 0.151 e. The maximum atomic E-state index is 11.8. The Morgan fingerprint density at radius 1 is 1.10 bits per heavy atom. The van der Waals surface area contributed by atoms with Crippen LogP contribution in [0.1, 0.15) is 43.9 Å². The predicted molar refractivity (Wildman–Crippen MR) is 154 cm³/mol. The lowest BCUT2D eigenvalue weighted by molar-refractivity contribution is -0.122. The first-order chi connectivity index (χ1) is 19.0. The minimum Gasteiger partial charge on any atom is -0.382 e. The van der Waals surface area contributed by atoms with E-state index in [9.17, 15) is 4.79 Å². The average molecular weight is 522 g/mol. The van der Waals surface area contributed by atoms with Crippen molar-refractivity contribution in [2.45, 2.75) is 45.6 Å². The highest BCUT2D eigenvalue weighted by molar-refractivity contribution is 5.92. The lowest BCUT2D eigenvalue weighted by Gasteiger charge is -2.31. The zero-order valence-corrected chi connectivity index (χ0v) is 22.5. The molecule has 200 valence electrons. The zero-order chi connectivity index (χ0) is 26.8. The summed E-state index contributed by atoms with van der Waals surface area (Å²) in [6.45, 7) is 5.48. The van der Waals surface area contributed by atoms with Crippen LogP contribution in [0.3, 0.4) is 0 Å². The summed E-state index contributed by atoms with van der Waals surface area (Å²) >= 11 is 0. The first kappa shape index (κ1) is 25.2. The second-order valence-electron chi connectivity index (χ2n) is 10.7. The van der Waals surface area contributed by atoms with E-state index in [0.29, 0.717) is 11.6 Å². The van der Waals surface area contributed by atoms with E-state index < -0.39 is 0 Å². The van der Waals surface area contributed by atoms with Gasteiger partial charge in [0.15, 0.2) is 5.82 Å². The highest BCUT2D eigenvalue weighted by Gasteiger charge is 2.23. The maximum Gasteiger partial charge on any atom is 0.151 e. The molecule has 0 aliphatic carbocycles. The Morgan fingerprint density at radius 3 is 2.82 bits per heavy atom. The quantitative estimate of drug-likeness (QED) is 0.274. The molecular weight excluding hydrogens is 486 g/mol. The van der Waals surface area contributed by atoms with Crippen molar-refractivity contribution in [3.63, 3.8) is 0 Å². The summed E-state index contributed by atoms with van der Waals surface area (Å²) < 4.78 is 3.94. The molecule has 1 saturated heterocycles. The van der Waals surface area contributed by atoms with E-state index in [0.717, 1.165) is 91.5 Å². The molecular formula is C31H35N7O. The second-order valence-corrected chi connectivity index (χ2v) is 10.7. The van der Waals surface area contributed by atoms with E-state index in [4.69, 9.17) is 10.8 Å². The lowest BCUT2D eigenvalue weighted by atomic mass is 9.94. The van der Waals surface area contributed by atoms with E-state index in [2.05, 4.69) is 69.7 Å². The number of hydrogen-bond donors (Lipinski definition) is 1. The fourth-order valence-electron chi connectivity index (χ4n) is 5.85. The van der Waals surface area contributed by atoms with Gasteiger partial charge in [-0.15, -0.1) is 0 Å². The molecule has 0 spiro atoms. The third kappa shape index (κ3) is 5.43. The number of unbranched alkanes of at least 4 members (excludes halogenated alkanes) is 1. The largest absolute Gasteiger partial charge is 0.382 e. The molecule has 6 rings (SSSR count). The van der Waals surface area contributed by atoms with Gasteiger partial charge in [-0.05, 0) is 75.4 Å². The second kappa shape index (κ2) is 11.0. The van der Waals surface area contributed by atoms with Crippen molar-refractivity contribution in [2.75, 3.05) is 25.4 Å². The van der Waals surface area contributed by atoms with E-state index >= 15 is 0 Å². The molecule has 0 radical (unpaired) electrons. The topological polar surface area (TPSA) is 94.3 Å². The molecule has 0 bridgehead atoms. The Bertz CT molecular complexity index is 1600. The van der Waals surface area contributed by atoms with Crippen molar-refractivity contribution < 1.29 is 4.79 Å². The number of aryl methyl sites for hydroxylation is 1. The summed E-state index contributed by atoms with van der Waals surface area (Å²) in [5, 5.41) is 10.5. The molecule has 4 heterocycles. The molecule has 0 amide bonds. The molecule has 1 atom stereocenters. The van der Waals surface area contributed by atoms with Crippen LogP contribution in [0.2, 0.25) is 0 Å². The van der Waals surface area contributed by atoms with E-state index in [1.807, 2.05) is 15.3 Å². The zero-order valence-electron chi connectivity index (χ0n) is 22.5. The normalized spacial score (nSPS) is 16.3. The van der Waals surface area contributed by atoms with Gasteiger partial charge in [0.1, 0.15) is 17.6 Å². The van der Waals surface area contributed by atoms with Crippen molar-refractivity contribution in [3.05, 3.63) is 78.4 Å². The van der Waals surface area contributed by atoms with Gasteiger partial charge in [0, 0.05) is 35.3 Å². The summed E-state index contributed by atoms with van der Waals surface area (Å²) in [7, 11) is 0. The monoisotopic (exact) mass is 521 g/mol. The van der Waals surface area contributed by atoms with Crippen LogP contribution in [-0.4, -0.2) is 54.7 Å². The summed E-state index contributed by atoms with van der Waals surface area (Å²) in [5.74, 6) is 1.01. The summed E-state index contributed by atoms with van der Waals surface area (Å²) in [6.07, 6.45) is 8.79. The number of aromatic nitrogens is 5. The van der Waals surface area contributed by atoms with Crippen molar-refractivity contribution in [1.82, 2.24) is 29.3 Å². The van der Waals surface area contributed by atoms with Crippen molar-refractivity contribution in [2.24, 2.45) is 5.92 Å². The van der Waals surface area contributed by atoms with Gasteiger partial charge in [-0.3, -0.25) is 9.48 Å². The molecule has 5 aromatic rings. The number of ketones is 1. The van der Waals surface area contributed by atoms with Gasteiger partial charge in [-0.2, -0.15) is 10.2 Å². The van der Waals surface area contributed by atoms with Gasteiger partial charge in [0.25, 0.3) is 0 Å². The number of carbonyl (C=O) groups is 1. The number of rotatable bonds is 9. The highest BCUT2D eigenvalue weighted by atomic mass is 16.1. The van der Waals surface area contributed by atoms with Crippen molar-refractivity contribution in [3.8, 4) is 11.1 Å². The Morgan fingerprint density at radius 2 is 1.97 bits per heavy atom. The standard InChI is InChI=1S/C31H35N7O/c1-22(39)25-10-7-15-36(19-25)14-6-5-11-27-17-28(30-31(32)33-21-34-38(27)30)24-12-13-26-20-37(35-29(26)16-24)18-23-8-3-2-4-9-23/h2-4,8-9,12-13,16-17,20-21,25H,5-7,10-11,14-15,18-19H2,1H3,(H2,32,33,34). The molecule has 8 heteroatoms. The summed E-state index contributed by atoms with van der Waals surface area (Å²) in [6, 6.07) is 18.9. The van der Waals surface area contributed by atoms with Gasteiger partial charge in [0.2, 0.25) is 0 Å². The molecule has 1 aliphatic rings. The Balaban J connectivity index is 1.20. The maximum absolute atomic E-state index is 11.8. The van der Waals surface area contributed by atoms with Crippen molar-refractivity contribution >= 4 is 28.0 Å². The summed E-state index contributed by atoms with van der Waals surface area (Å²) in [5.41, 5.74) is 12.6. The molecule has 2 N–H and O–H groups in total. The van der Waals surface area contributed by atoms with Crippen LogP contribution in [0.25, 0.3) is 27.5 Å². The highest BCUT2D eigenvalue weighted by Crippen LogP contribution is 2.32. The lowest BCUT2D eigenvalue weighted by Crippen LogP contribution is -2.38. The number of carbonyl (C=O) groups excluding carboxylic acids is 1. The van der Waals surface area contributed by atoms with Gasteiger partial charge >= 0.3 is 0 Å². The van der Waals surface area contributed by atoms with Gasteiger partial charge in [0.05, 0.1) is 12.1 Å². The van der Waals surface area contributed by atoms with Crippen LogP contribution in [0, 0.1) is 5.92 Å². The van der Waals surface area contributed by atoms with Crippen LogP contribution >= 0.6 is 0 Å². The predicted octanol–water partition coefficient (Wildman–Crippen LogP) is 5.00. The number of likely N-dealkylation sites (tertiary alicyclic amines) is 1. The number of piperidine rings is 1. The number of fused-ring (bicyclic) bond motifs is 2. The molecule has 3 aromatic heterocycles. The van der Waals surface area contributed by atoms with E-state index in [1.165, 1.54) is 11.9 Å². The molecule has 2 aromatic carbocycles.